The minimum Gasteiger partial charge on any atom is -0.350 e. The smallest absolute Gasteiger partial charge is 0.271 e. The summed E-state index contributed by atoms with van der Waals surface area (Å²) in [5, 5.41) is 14.7. The van der Waals surface area contributed by atoms with E-state index in [1.165, 1.54) is 17.0 Å². The van der Waals surface area contributed by atoms with Gasteiger partial charge in [0.15, 0.2) is 0 Å². The Kier molecular flexibility index (Phi) is 9.67. The average Bonchev–Trinajstić information content (AvgIpc) is 2.77. The number of carbonyl (C=O) groups is 2. The number of anilines is 1. The maximum Gasteiger partial charge on any atom is 0.271 e. The first-order valence-corrected chi connectivity index (χ1v) is 13.8. The van der Waals surface area contributed by atoms with Gasteiger partial charge in [-0.25, -0.2) is 8.42 Å². The van der Waals surface area contributed by atoms with Crippen molar-refractivity contribution in [3.8, 4) is 0 Å². The van der Waals surface area contributed by atoms with Crippen LogP contribution >= 0.6 is 11.6 Å². The Morgan fingerprint density at radius 3 is 2.22 bits per heavy atom. The fourth-order valence-electron chi connectivity index (χ4n) is 3.73. The van der Waals surface area contributed by atoms with E-state index in [1.54, 1.807) is 38.1 Å². The zero-order valence-electron chi connectivity index (χ0n) is 21.8. The predicted molar refractivity (Wildman–Crippen MR) is 144 cm³/mol. The fraction of sp³-hybridized carbons (Fsp3) is 0.440. The zero-order valence-corrected chi connectivity index (χ0v) is 23.4. The first kappa shape index (κ1) is 30.0. The second-order valence-electron chi connectivity index (χ2n) is 9.81. The van der Waals surface area contributed by atoms with Gasteiger partial charge >= 0.3 is 0 Å². The normalized spacial score (nSPS) is 12.5. The Balaban J connectivity index is 2.54. The molecule has 0 aliphatic heterocycles. The summed E-state index contributed by atoms with van der Waals surface area (Å²) in [6.07, 6.45) is 1.20. The number of nitro benzene ring substituents is 1. The monoisotopic (exact) mass is 552 g/mol. The van der Waals surface area contributed by atoms with Gasteiger partial charge in [0, 0.05) is 29.2 Å². The van der Waals surface area contributed by atoms with Gasteiger partial charge in [0.05, 0.1) is 16.9 Å². The van der Waals surface area contributed by atoms with Gasteiger partial charge in [0.2, 0.25) is 21.8 Å². The molecule has 10 nitrogen and oxygen atoms in total. The number of nitrogens with zero attached hydrogens (tertiary/aromatic N) is 3. The maximum absolute atomic E-state index is 13.7. The maximum atomic E-state index is 13.7. The molecule has 202 valence electrons. The lowest BCUT2D eigenvalue weighted by Crippen LogP contribution is -2.55. The number of non-ortho nitro benzene ring substituents is 1. The average molecular weight is 553 g/mol. The number of aryl methyl sites for hydroxylation is 1. The van der Waals surface area contributed by atoms with E-state index in [4.69, 9.17) is 11.6 Å². The topological polar surface area (TPSA) is 130 Å². The van der Waals surface area contributed by atoms with Crippen LogP contribution in [0.3, 0.4) is 0 Å². The molecule has 0 heterocycles. The summed E-state index contributed by atoms with van der Waals surface area (Å²) in [7, 11) is -4.03. The molecule has 2 aromatic rings. The summed E-state index contributed by atoms with van der Waals surface area (Å²) in [4.78, 5) is 38.9. The van der Waals surface area contributed by atoms with Crippen LogP contribution in [0.15, 0.2) is 42.5 Å². The van der Waals surface area contributed by atoms with Crippen LogP contribution in [0.1, 0.15) is 45.2 Å². The molecule has 12 heteroatoms. The van der Waals surface area contributed by atoms with Crippen LogP contribution < -0.4 is 9.62 Å². The molecule has 1 N–H and O–H groups in total. The molecule has 37 heavy (non-hydrogen) atoms. The van der Waals surface area contributed by atoms with E-state index in [9.17, 15) is 28.1 Å². The molecule has 0 aliphatic rings. The molecule has 0 bridgehead atoms. The van der Waals surface area contributed by atoms with Crippen molar-refractivity contribution in [1.82, 2.24) is 10.2 Å². The van der Waals surface area contributed by atoms with Crippen LogP contribution in [0.2, 0.25) is 5.02 Å². The van der Waals surface area contributed by atoms with Crippen molar-refractivity contribution in [2.75, 3.05) is 17.1 Å². The van der Waals surface area contributed by atoms with Crippen molar-refractivity contribution < 1.29 is 22.9 Å². The first-order valence-electron chi connectivity index (χ1n) is 11.6. The van der Waals surface area contributed by atoms with E-state index in [1.807, 2.05) is 20.8 Å². The molecule has 2 amide bonds. The van der Waals surface area contributed by atoms with Crippen LogP contribution in [0.4, 0.5) is 11.4 Å². The second-order valence-corrected chi connectivity index (χ2v) is 12.2. The lowest BCUT2D eigenvalue weighted by molar-refractivity contribution is -0.384. The second kappa shape index (κ2) is 11.9. The summed E-state index contributed by atoms with van der Waals surface area (Å²) < 4.78 is 26.4. The van der Waals surface area contributed by atoms with Crippen LogP contribution in [0.25, 0.3) is 0 Å². The van der Waals surface area contributed by atoms with E-state index in [2.05, 4.69) is 5.32 Å². The standard InChI is InChI=1S/C25H33ClN4O6S/c1-7-21(24(32)27-25(3,4)5)28(15-18-9-11-19(26)12-10-18)23(31)16-29(37(6,35)36)22-14-20(30(33)34)13-8-17(22)2/h8-14,21H,7,15-16H2,1-6H3,(H,27,32)/t21-/m0/s1. The van der Waals surface area contributed by atoms with Crippen LogP contribution in [-0.2, 0) is 26.2 Å². The minimum absolute atomic E-state index is 0.0173. The zero-order chi connectivity index (χ0) is 28.1. The molecule has 0 unspecified atom stereocenters. The molecule has 1 atom stereocenters. The van der Waals surface area contributed by atoms with Crippen molar-refractivity contribution in [3.63, 3.8) is 0 Å². The summed E-state index contributed by atoms with van der Waals surface area (Å²) in [5.41, 5.74) is 0.278. The highest BCUT2D eigenvalue weighted by Gasteiger charge is 2.33. The molecule has 0 saturated heterocycles. The van der Waals surface area contributed by atoms with Gasteiger partial charge < -0.3 is 10.2 Å². The van der Waals surface area contributed by atoms with Gasteiger partial charge in [-0.05, 0) is 57.4 Å². The quantitative estimate of drug-likeness (QED) is 0.349. The van der Waals surface area contributed by atoms with Gasteiger partial charge in [-0.2, -0.15) is 0 Å². The van der Waals surface area contributed by atoms with Gasteiger partial charge in [-0.15, -0.1) is 0 Å². The molecule has 0 radical (unpaired) electrons. The SMILES string of the molecule is CC[C@@H](C(=O)NC(C)(C)C)N(Cc1ccc(Cl)cc1)C(=O)CN(c1cc([N+](=O)[O-])ccc1C)S(C)(=O)=O. The molecule has 0 saturated carbocycles. The third-order valence-electron chi connectivity index (χ3n) is 5.50. The van der Waals surface area contributed by atoms with Crippen LogP contribution in [-0.4, -0.2) is 54.4 Å². The Bertz CT molecular complexity index is 1260. The number of benzene rings is 2. The Labute approximate surface area is 222 Å². The summed E-state index contributed by atoms with van der Waals surface area (Å²) in [5.74, 6) is -1.02. The molecule has 2 aromatic carbocycles. The Morgan fingerprint density at radius 1 is 1.14 bits per heavy atom. The van der Waals surface area contributed by atoms with Crippen molar-refractivity contribution in [2.24, 2.45) is 0 Å². The molecular formula is C25H33ClN4O6S. The number of halogens is 1. The van der Waals surface area contributed by atoms with Crippen molar-refractivity contribution in [1.29, 1.82) is 0 Å². The van der Waals surface area contributed by atoms with Crippen molar-refractivity contribution in [3.05, 3.63) is 68.7 Å². The number of hydrogen-bond acceptors (Lipinski definition) is 6. The number of sulfonamides is 1. The van der Waals surface area contributed by atoms with Gasteiger partial charge in [-0.3, -0.25) is 24.0 Å². The van der Waals surface area contributed by atoms with Crippen LogP contribution in [0.5, 0.6) is 0 Å². The molecular weight excluding hydrogens is 520 g/mol. The van der Waals surface area contributed by atoms with Crippen molar-refractivity contribution >= 4 is 44.8 Å². The Hall–Kier alpha value is -3.18. The third-order valence-corrected chi connectivity index (χ3v) is 6.88. The highest BCUT2D eigenvalue weighted by molar-refractivity contribution is 7.92. The van der Waals surface area contributed by atoms with E-state index < -0.39 is 39.0 Å². The largest absolute Gasteiger partial charge is 0.350 e. The minimum atomic E-state index is -4.03. The van der Waals surface area contributed by atoms with Gasteiger partial charge in [0.1, 0.15) is 12.6 Å². The third kappa shape index (κ3) is 8.43. The predicted octanol–water partition coefficient (Wildman–Crippen LogP) is 4.04. The molecule has 0 aromatic heterocycles. The van der Waals surface area contributed by atoms with E-state index in [0.717, 1.165) is 16.6 Å². The number of nitro groups is 1. The molecule has 0 fully saturated rings. The molecule has 2 rings (SSSR count). The summed E-state index contributed by atoms with van der Waals surface area (Å²) in [6, 6.07) is 9.67. The summed E-state index contributed by atoms with van der Waals surface area (Å²) >= 11 is 5.99. The summed E-state index contributed by atoms with van der Waals surface area (Å²) in [6.45, 7) is 8.19. The van der Waals surface area contributed by atoms with Gasteiger partial charge in [-0.1, -0.05) is 36.7 Å². The van der Waals surface area contributed by atoms with Crippen LogP contribution in [0, 0.1) is 17.0 Å². The fourth-order valence-corrected chi connectivity index (χ4v) is 4.76. The number of hydrogen-bond donors (Lipinski definition) is 1. The highest BCUT2D eigenvalue weighted by atomic mass is 35.5. The molecule has 0 aliphatic carbocycles. The lowest BCUT2D eigenvalue weighted by atomic mass is 10.1. The number of rotatable bonds is 10. The first-order chi connectivity index (χ1) is 17.0. The van der Waals surface area contributed by atoms with Crippen molar-refractivity contribution in [2.45, 2.75) is 59.2 Å². The number of amides is 2. The lowest BCUT2D eigenvalue weighted by Gasteiger charge is -2.34. The van der Waals surface area contributed by atoms with E-state index >= 15 is 0 Å². The highest BCUT2D eigenvalue weighted by Crippen LogP contribution is 2.28. The molecule has 0 spiro atoms. The number of nitrogens with one attached hydrogen (secondary N) is 1. The number of carbonyl (C=O) groups excluding carboxylic acids is 2. The van der Waals surface area contributed by atoms with E-state index in [0.29, 0.717) is 16.1 Å². The Morgan fingerprint density at radius 2 is 1.73 bits per heavy atom. The van der Waals surface area contributed by atoms with E-state index in [-0.39, 0.29) is 30.2 Å². The van der Waals surface area contributed by atoms with Gasteiger partial charge in [0.25, 0.3) is 5.69 Å².